The topological polar surface area (TPSA) is 47.1 Å². The highest BCUT2D eigenvalue weighted by atomic mass is 15.2. The molecule has 0 bridgehead atoms. The Balaban J connectivity index is 2.18. The first-order valence-electron chi connectivity index (χ1n) is 7.13. The number of piperidine rings is 1. The second-order valence-corrected chi connectivity index (χ2v) is 5.57. The van der Waals surface area contributed by atoms with Crippen molar-refractivity contribution in [3.05, 3.63) is 18.2 Å². The molecule has 0 amide bonds. The van der Waals surface area contributed by atoms with Crippen molar-refractivity contribution < 1.29 is 0 Å². The molecule has 18 heavy (non-hydrogen) atoms. The van der Waals surface area contributed by atoms with E-state index in [0.717, 1.165) is 19.0 Å². The maximum atomic E-state index is 6.03. The molecule has 1 saturated heterocycles. The largest absolute Gasteiger partial charge is 0.333 e. The van der Waals surface area contributed by atoms with E-state index in [0.29, 0.717) is 18.6 Å². The lowest BCUT2D eigenvalue weighted by Gasteiger charge is -2.41. The lowest BCUT2D eigenvalue weighted by molar-refractivity contribution is 0.0811. The second kappa shape index (κ2) is 5.85. The van der Waals surface area contributed by atoms with Gasteiger partial charge in [-0.25, -0.2) is 4.98 Å². The zero-order valence-electron chi connectivity index (χ0n) is 11.8. The van der Waals surface area contributed by atoms with E-state index < -0.39 is 0 Å². The van der Waals surface area contributed by atoms with E-state index in [4.69, 9.17) is 5.73 Å². The standard InChI is InChI=1S/C14H26N4/c1-4-17-10-16-9-14(17)13(8-15)18-6-5-11(2)7-12(18)3/h9-13H,4-8,15H2,1-3H3. The number of likely N-dealkylation sites (tertiary alicyclic amines) is 1. The summed E-state index contributed by atoms with van der Waals surface area (Å²) < 4.78 is 2.21. The van der Waals surface area contributed by atoms with Gasteiger partial charge >= 0.3 is 0 Å². The zero-order chi connectivity index (χ0) is 13.1. The quantitative estimate of drug-likeness (QED) is 0.889. The SMILES string of the molecule is CCn1cncc1C(CN)N1CCC(C)CC1C. The predicted octanol–water partition coefficient (Wildman–Crippen LogP) is 2.02. The summed E-state index contributed by atoms with van der Waals surface area (Å²) in [5.74, 6) is 0.839. The number of imidazole rings is 1. The van der Waals surface area contributed by atoms with Crippen LogP contribution in [0.5, 0.6) is 0 Å². The molecule has 0 aromatic carbocycles. The number of hydrogen-bond donors (Lipinski definition) is 1. The first-order valence-corrected chi connectivity index (χ1v) is 7.13. The van der Waals surface area contributed by atoms with Gasteiger partial charge in [-0.05, 0) is 39.2 Å². The van der Waals surface area contributed by atoms with Gasteiger partial charge in [-0.2, -0.15) is 0 Å². The molecule has 1 aromatic rings. The Hall–Kier alpha value is -0.870. The van der Waals surface area contributed by atoms with Crippen LogP contribution in [0.3, 0.4) is 0 Å². The highest BCUT2D eigenvalue weighted by molar-refractivity contribution is 5.07. The van der Waals surface area contributed by atoms with Gasteiger partial charge in [0.1, 0.15) is 0 Å². The molecule has 1 aromatic heterocycles. The number of aryl methyl sites for hydroxylation is 1. The zero-order valence-corrected chi connectivity index (χ0v) is 11.8. The van der Waals surface area contributed by atoms with Gasteiger partial charge in [-0.3, -0.25) is 4.90 Å². The maximum absolute atomic E-state index is 6.03. The third-order valence-electron chi connectivity index (χ3n) is 4.24. The molecule has 0 radical (unpaired) electrons. The Morgan fingerprint density at radius 2 is 2.28 bits per heavy atom. The number of hydrogen-bond acceptors (Lipinski definition) is 3. The van der Waals surface area contributed by atoms with Crippen LogP contribution in [0.15, 0.2) is 12.5 Å². The lowest BCUT2D eigenvalue weighted by Crippen LogP contribution is -2.45. The van der Waals surface area contributed by atoms with Crippen LogP contribution in [0.1, 0.15) is 45.3 Å². The van der Waals surface area contributed by atoms with Gasteiger partial charge in [0.2, 0.25) is 0 Å². The predicted molar refractivity (Wildman–Crippen MR) is 74.3 cm³/mol. The van der Waals surface area contributed by atoms with Crippen LogP contribution in [0.2, 0.25) is 0 Å². The number of aromatic nitrogens is 2. The number of nitrogens with zero attached hydrogens (tertiary/aromatic N) is 3. The van der Waals surface area contributed by atoms with Gasteiger partial charge in [-0.15, -0.1) is 0 Å². The van der Waals surface area contributed by atoms with E-state index in [1.165, 1.54) is 18.5 Å². The molecule has 4 heteroatoms. The summed E-state index contributed by atoms with van der Waals surface area (Å²) in [5.41, 5.74) is 7.30. The Morgan fingerprint density at radius 1 is 1.50 bits per heavy atom. The van der Waals surface area contributed by atoms with E-state index in [1.54, 1.807) is 0 Å². The van der Waals surface area contributed by atoms with Crippen molar-refractivity contribution in [2.45, 2.75) is 52.2 Å². The van der Waals surface area contributed by atoms with Gasteiger partial charge < -0.3 is 10.3 Å². The van der Waals surface area contributed by atoms with E-state index in [2.05, 4.69) is 35.2 Å². The molecule has 1 aliphatic rings. The lowest BCUT2D eigenvalue weighted by atomic mass is 9.91. The molecule has 1 fully saturated rings. The molecule has 2 heterocycles. The molecular weight excluding hydrogens is 224 g/mol. The molecule has 0 aliphatic carbocycles. The van der Waals surface area contributed by atoms with Crippen molar-refractivity contribution in [1.82, 2.24) is 14.5 Å². The van der Waals surface area contributed by atoms with E-state index in [9.17, 15) is 0 Å². The van der Waals surface area contributed by atoms with Gasteiger partial charge in [-0.1, -0.05) is 6.92 Å². The first kappa shape index (κ1) is 13.6. The molecule has 0 saturated carbocycles. The third kappa shape index (κ3) is 2.59. The summed E-state index contributed by atoms with van der Waals surface area (Å²) in [6, 6.07) is 0.928. The Morgan fingerprint density at radius 3 is 2.89 bits per heavy atom. The van der Waals surface area contributed by atoms with Crippen LogP contribution in [-0.4, -0.2) is 33.6 Å². The van der Waals surface area contributed by atoms with Gasteiger partial charge in [0, 0.05) is 25.3 Å². The summed E-state index contributed by atoms with van der Waals surface area (Å²) in [6.45, 7) is 9.61. The highest BCUT2D eigenvalue weighted by Gasteiger charge is 2.30. The van der Waals surface area contributed by atoms with E-state index >= 15 is 0 Å². The summed E-state index contributed by atoms with van der Waals surface area (Å²) in [6.07, 6.45) is 6.44. The molecule has 4 nitrogen and oxygen atoms in total. The average molecular weight is 250 g/mol. The molecule has 3 unspecified atom stereocenters. The van der Waals surface area contributed by atoms with Crippen molar-refractivity contribution >= 4 is 0 Å². The monoisotopic (exact) mass is 250 g/mol. The second-order valence-electron chi connectivity index (χ2n) is 5.57. The summed E-state index contributed by atoms with van der Waals surface area (Å²) in [7, 11) is 0. The molecular formula is C14H26N4. The average Bonchev–Trinajstić information content (AvgIpc) is 2.81. The summed E-state index contributed by atoms with van der Waals surface area (Å²) >= 11 is 0. The highest BCUT2D eigenvalue weighted by Crippen LogP contribution is 2.30. The molecule has 2 rings (SSSR count). The molecule has 3 atom stereocenters. The number of rotatable bonds is 4. The summed E-state index contributed by atoms with van der Waals surface area (Å²) in [4.78, 5) is 6.84. The molecule has 1 aliphatic heterocycles. The van der Waals surface area contributed by atoms with Gasteiger partial charge in [0.25, 0.3) is 0 Å². The fraction of sp³-hybridized carbons (Fsp3) is 0.786. The van der Waals surface area contributed by atoms with Crippen LogP contribution in [-0.2, 0) is 6.54 Å². The normalized spacial score (nSPS) is 27.3. The van der Waals surface area contributed by atoms with Crippen molar-refractivity contribution in [3.8, 4) is 0 Å². The minimum Gasteiger partial charge on any atom is -0.333 e. The molecule has 0 spiro atoms. The van der Waals surface area contributed by atoms with Crippen molar-refractivity contribution in [2.75, 3.05) is 13.1 Å². The Kier molecular flexibility index (Phi) is 4.40. The van der Waals surface area contributed by atoms with Crippen molar-refractivity contribution in [2.24, 2.45) is 11.7 Å². The van der Waals surface area contributed by atoms with Crippen LogP contribution in [0, 0.1) is 5.92 Å². The van der Waals surface area contributed by atoms with Crippen LogP contribution >= 0.6 is 0 Å². The smallest absolute Gasteiger partial charge is 0.0948 e. The Bertz CT molecular complexity index is 374. The van der Waals surface area contributed by atoms with Crippen LogP contribution in [0.25, 0.3) is 0 Å². The summed E-state index contributed by atoms with van der Waals surface area (Å²) in [5, 5.41) is 0. The molecule has 102 valence electrons. The maximum Gasteiger partial charge on any atom is 0.0948 e. The van der Waals surface area contributed by atoms with Gasteiger partial charge in [0.05, 0.1) is 18.1 Å². The molecule has 2 N–H and O–H groups in total. The van der Waals surface area contributed by atoms with Crippen molar-refractivity contribution in [1.29, 1.82) is 0 Å². The fourth-order valence-corrected chi connectivity index (χ4v) is 3.19. The minimum absolute atomic E-state index is 0.315. The van der Waals surface area contributed by atoms with E-state index in [1.807, 2.05) is 12.5 Å². The van der Waals surface area contributed by atoms with E-state index in [-0.39, 0.29) is 0 Å². The number of nitrogens with two attached hydrogens (primary N) is 1. The first-order chi connectivity index (χ1) is 8.67. The minimum atomic E-state index is 0.315. The Labute approximate surface area is 110 Å². The van der Waals surface area contributed by atoms with Crippen LogP contribution in [0.4, 0.5) is 0 Å². The fourth-order valence-electron chi connectivity index (χ4n) is 3.19. The van der Waals surface area contributed by atoms with Gasteiger partial charge in [0.15, 0.2) is 0 Å². The third-order valence-corrected chi connectivity index (χ3v) is 4.24. The van der Waals surface area contributed by atoms with Crippen molar-refractivity contribution in [3.63, 3.8) is 0 Å². The van der Waals surface area contributed by atoms with Crippen LogP contribution < -0.4 is 5.73 Å².